The van der Waals surface area contributed by atoms with Gasteiger partial charge in [0.25, 0.3) is 0 Å². The quantitative estimate of drug-likeness (QED) is 0.0471. The molecule has 7 fully saturated rings. The second-order valence-corrected chi connectivity index (χ2v) is 37.0. The van der Waals surface area contributed by atoms with Crippen molar-refractivity contribution in [3.63, 3.8) is 0 Å². The molecule has 0 aromatic rings. The molecule has 0 aliphatic heterocycles. The molecule has 95 heavy (non-hydrogen) atoms. The molecule has 15 nitrogen and oxygen atoms in total. The Bertz CT molecular complexity index is 2190. The summed E-state index contributed by atoms with van der Waals surface area (Å²) in [5.41, 5.74) is 0.117. The number of rotatable bonds is 28. The molecule has 0 aromatic carbocycles. The molecule has 15 heteroatoms. The Morgan fingerprint density at radius 1 is 0.337 bits per heavy atom. The van der Waals surface area contributed by atoms with Crippen molar-refractivity contribution >= 4 is 29.5 Å². The summed E-state index contributed by atoms with van der Waals surface area (Å²) in [6, 6.07) is 0. The van der Waals surface area contributed by atoms with Crippen molar-refractivity contribution in [3.8, 4) is 0 Å². The maximum Gasteiger partial charge on any atom is 0.249 e. The second kappa shape index (κ2) is 41.6. The van der Waals surface area contributed by atoms with Crippen LogP contribution in [0.1, 0.15) is 325 Å². The number of hydrogen-bond donors (Lipinski definition) is 5. The first-order valence-electron chi connectivity index (χ1n) is 38.3. The monoisotopic (exact) mass is 1340 g/mol. The first-order valence-corrected chi connectivity index (χ1v) is 38.3. The van der Waals surface area contributed by atoms with Crippen LogP contribution in [0.3, 0.4) is 0 Å². The molecule has 7 saturated carbocycles. The van der Waals surface area contributed by atoms with Gasteiger partial charge in [-0.05, 0) is 247 Å². The molecule has 5 N–H and O–H groups in total. The lowest BCUT2D eigenvalue weighted by atomic mass is 9.88. The number of hydrogen-bond acceptors (Lipinski definition) is 10. The zero-order valence-electron chi connectivity index (χ0n) is 65.1. The van der Waals surface area contributed by atoms with E-state index in [9.17, 15) is 24.0 Å². The van der Waals surface area contributed by atoms with Gasteiger partial charge < -0.3 is 50.3 Å². The zero-order valence-corrected chi connectivity index (χ0v) is 65.1. The van der Waals surface area contributed by atoms with Crippen LogP contribution in [0.25, 0.3) is 0 Å². The van der Waals surface area contributed by atoms with Crippen LogP contribution in [-0.4, -0.2) is 121 Å². The van der Waals surface area contributed by atoms with E-state index < -0.39 is 6.10 Å². The van der Waals surface area contributed by atoms with Crippen LogP contribution in [0.15, 0.2) is 12.2 Å². The molecule has 0 heterocycles. The van der Waals surface area contributed by atoms with Gasteiger partial charge in [-0.15, -0.1) is 6.58 Å². The lowest BCUT2D eigenvalue weighted by Gasteiger charge is -2.29. The minimum absolute atomic E-state index is 0.0168. The van der Waals surface area contributed by atoms with Gasteiger partial charge in [-0.1, -0.05) is 130 Å². The Kier molecular flexibility index (Phi) is 37.7. The van der Waals surface area contributed by atoms with Crippen molar-refractivity contribution < 1.29 is 47.7 Å². The van der Waals surface area contributed by atoms with Crippen LogP contribution >= 0.6 is 0 Å². The molecule has 7 rings (SSSR count). The third-order valence-electron chi connectivity index (χ3n) is 18.4. The molecule has 0 aromatic heterocycles. The van der Waals surface area contributed by atoms with E-state index in [1.165, 1.54) is 154 Å². The number of ether oxygens (including phenoxy) is 5. The molecule has 7 aliphatic rings. The summed E-state index contributed by atoms with van der Waals surface area (Å²) < 4.78 is 29.6. The molecule has 5 unspecified atom stereocenters. The normalized spacial score (nSPS) is 20.3. The lowest BCUT2D eigenvalue weighted by Crippen LogP contribution is -2.48. The van der Waals surface area contributed by atoms with E-state index in [1.807, 2.05) is 125 Å². The predicted octanol–water partition coefficient (Wildman–Crippen LogP) is 17.0. The fourth-order valence-electron chi connectivity index (χ4n) is 13.1. The van der Waals surface area contributed by atoms with Crippen molar-refractivity contribution in [2.24, 2.45) is 52.8 Å². The molecule has 0 spiro atoms. The highest BCUT2D eigenvalue weighted by molar-refractivity contribution is 5.83. The van der Waals surface area contributed by atoms with Gasteiger partial charge >= 0.3 is 0 Å². The molecule has 0 radical (unpaired) electrons. The van der Waals surface area contributed by atoms with Gasteiger partial charge in [-0.25, -0.2) is 0 Å². The maximum atomic E-state index is 12.5. The number of carbonyl (C=O) groups excluding carboxylic acids is 5. The van der Waals surface area contributed by atoms with Gasteiger partial charge in [0.2, 0.25) is 29.5 Å². The lowest BCUT2D eigenvalue weighted by molar-refractivity contribution is -0.138. The van der Waals surface area contributed by atoms with Crippen molar-refractivity contribution in [1.29, 1.82) is 0 Å². The van der Waals surface area contributed by atoms with E-state index in [2.05, 4.69) is 53.9 Å². The summed E-state index contributed by atoms with van der Waals surface area (Å²) in [5.74, 6) is 5.18. The van der Waals surface area contributed by atoms with Crippen molar-refractivity contribution in [1.82, 2.24) is 26.6 Å². The summed E-state index contributed by atoms with van der Waals surface area (Å²) in [6.07, 6.45) is 32.5. The third kappa shape index (κ3) is 43.2. The maximum absolute atomic E-state index is 12.5. The average Bonchev–Trinajstić information content (AvgIpc) is 1.91. The Morgan fingerprint density at radius 3 is 0.842 bits per heavy atom. The van der Waals surface area contributed by atoms with Crippen LogP contribution in [0.5, 0.6) is 0 Å². The van der Waals surface area contributed by atoms with E-state index in [0.29, 0.717) is 48.5 Å². The largest absolute Gasteiger partial charge is 0.368 e. The molecule has 5 atom stereocenters. The van der Waals surface area contributed by atoms with Gasteiger partial charge in [0, 0.05) is 34.1 Å². The third-order valence-corrected chi connectivity index (χ3v) is 18.4. The fourth-order valence-corrected chi connectivity index (χ4v) is 13.1. The van der Waals surface area contributed by atoms with E-state index in [-0.39, 0.29) is 93.0 Å². The Labute approximate surface area is 582 Å². The van der Waals surface area contributed by atoms with Crippen LogP contribution in [0, 0.1) is 52.8 Å². The van der Waals surface area contributed by atoms with Gasteiger partial charge in [-0.2, -0.15) is 0 Å². The van der Waals surface area contributed by atoms with Gasteiger partial charge in [0.1, 0.15) is 30.5 Å². The zero-order chi connectivity index (χ0) is 71.4. The van der Waals surface area contributed by atoms with Crippen molar-refractivity contribution in [2.45, 2.75) is 383 Å². The molecular formula is C80H149N5O10. The number of nitrogens with one attached hydrogen (secondary N) is 5. The smallest absolute Gasteiger partial charge is 0.249 e. The van der Waals surface area contributed by atoms with Gasteiger partial charge in [0.05, 0.1) is 33.0 Å². The Hall–Kier alpha value is -3.11. The van der Waals surface area contributed by atoms with Crippen LogP contribution in [-0.2, 0) is 47.7 Å². The van der Waals surface area contributed by atoms with Crippen LogP contribution < -0.4 is 26.6 Å². The summed E-state index contributed by atoms with van der Waals surface area (Å²) >= 11 is 0. The molecule has 0 bridgehead atoms. The molecule has 7 aliphatic carbocycles. The summed E-state index contributed by atoms with van der Waals surface area (Å²) in [7, 11) is 0. The molecule has 5 amide bonds. The van der Waals surface area contributed by atoms with Crippen molar-refractivity contribution in [3.05, 3.63) is 12.2 Å². The fraction of sp³-hybridized carbons (Fsp3) is 0.912. The standard InChI is InChI=1S/C18H33NO2.C17H33NO2.2C16H29NO2.C13H25NO2/c1-18(2,3)19-17(20)16(12-14-8-4-5-9-14)21-13-15-10-6-7-11-15;1-16(2,3)11-14(15(19)18-17(4,5)6)20-12-13-9-7-8-10-13;1-16(2,3)17-15(18)14(10-12-8-9-12)19-11-13-6-4-5-7-13;1-12(2)10-14(15(18)17-16(3,4)5)19-11-13-8-6-7-9-13;1-9(2)11(16-8-10-6-7-10)12(15)14-13(3,4)5/h14-16H,4-13H2,1-3H3,(H,19,20);13-14H,7-12H2,1-6H3,(H,18,19);12-14H,4-11H2,1-3H3,(H,17,18);13-14H,1,6-11H2,2-5H3,(H,17,18);9-11H,6-8H2,1-5H3,(H,14,15). The topological polar surface area (TPSA) is 192 Å². The van der Waals surface area contributed by atoms with Crippen LogP contribution in [0.4, 0.5) is 0 Å². The predicted molar refractivity (Wildman–Crippen MR) is 391 cm³/mol. The Morgan fingerprint density at radius 2 is 0.568 bits per heavy atom. The summed E-state index contributed by atoms with van der Waals surface area (Å²) in [5, 5.41) is 15.2. The first-order chi connectivity index (χ1) is 44.0. The van der Waals surface area contributed by atoms with Gasteiger partial charge in [-0.3, -0.25) is 24.0 Å². The van der Waals surface area contributed by atoms with Gasteiger partial charge in [0.15, 0.2) is 0 Å². The first kappa shape index (κ1) is 86.1. The summed E-state index contributed by atoms with van der Waals surface area (Å²) in [6.45, 7) is 50.2. The highest BCUT2D eigenvalue weighted by Gasteiger charge is 2.35. The Balaban J connectivity index is 0.000000310. The van der Waals surface area contributed by atoms with Crippen molar-refractivity contribution in [2.75, 3.05) is 33.0 Å². The van der Waals surface area contributed by atoms with E-state index in [1.54, 1.807) is 0 Å². The molecular weight excluding hydrogens is 1190 g/mol. The number of carbonyl (C=O) groups is 5. The van der Waals surface area contributed by atoms with E-state index in [4.69, 9.17) is 23.7 Å². The molecule has 0 saturated heterocycles. The minimum atomic E-state index is -0.391. The minimum Gasteiger partial charge on any atom is -0.368 e. The molecule has 554 valence electrons. The summed E-state index contributed by atoms with van der Waals surface area (Å²) in [4.78, 5) is 61.4. The highest BCUT2D eigenvalue weighted by Crippen LogP contribution is 2.36. The average molecular weight is 1340 g/mol. The van der Waals surface area contributed by atoms with E-state index in [0.717, 1.165) is 57.2 Å². The SMILES string of the molecule is C=C(C)CC(OCC1CCCC1)C(=O)NC(C)(C)C.CC(C)(C)CC(OCC1CCCC1)C(=O)NC(C)(C)C.CC(C)(C)NC(=O)C(CC1CC1)OCC1CCCC1.CC(C)(C)NC(=O)C(CC1CCCC1)OCC1CCCC1.CC(C)C(OCC1CC1)C(=O)NC(C)(C)C. The second-order valence-electron chi connectivity index (χ2n) is 37.0. The van der Waals surface area contributed by atoms with Crippen LogP contribution in [0.2, 0.25) is 0 Å². The number of amides is 5. The highest BCUT2D eigenvalue weighted by atomic mass is 16.5. The van der Waals surface area contributed by atoms with E-state index >= 15 is 0 Å².